The predicted octanol–water partition coefficient (Wildman–Crippen LogP) is 1.83. The maximum Gasteiger partial charge on any atom is 0.0700 e. The smallest absolute Gasteiger partial charge is 0.0700 e. The van der Waals surface area contributed by atoms with Gasteiger partial charge in [0, 0.05) is 26.9 Å². The number of rotatable bonds is 11. The van der Waals surface area contributed by atoms with Crippen molar-refractivity contribution >= 4 is 0 Å². The van der Waals surface area contributed by atoms with Gasteiger partial charge in [-0.1, -0.05) is 0 Å². The van der Waals surface area contributed by atoms with E-state index in [-0.39, 0.29) is 5.60 Å². The molecule has 0 amide bonds. The zero-order valence-electron chi connectivity index (χ0n) is 12.0. The Labute approximate surface area is 106 Å². The molecule has 0 aromatic carbocycles. The highest BCUT2D eigenvalue weighted by molar-refractivity contribution is 4.75. The van der Waals surface area contributed by atoms with E-state index in [0.29, 0.717) is 19.3 Å². The fraction of sp³-hybridized carbons (Fsp3) is 1.00. The molecule has 0 aliphatic carbocycles. The summed E-state index contributed by atoms with van der Waals surface area (Å²) in [7, 11) is 3.44. The minimum atomic E-state index is -0.0542. The van der Waals surface area contributed by atoms with Crippen LogP contribution in [0.15, 0.2) is 0 Å². The third-order valence-electron chi connectivity index (χ3n) is 2.74. The molecule has 104 valence electrons. The van der Waals surface area contributed by atoms with E-state index in [1.165, 1.54) is 0 Å². The van der Waals surface area contributed by atoms with Crippen molar-refractivity contribution < 1.29 is 14.2 Å². The third kappa shape index (κ3) is 10.7. The normalized spacial score (nSPS) is 13.9. The Kier molecular flexibility index (Phi) is 9.74. The summed E-state index contributed by atoms with van der Waals surface area (Å²) in [5.41, 5.74) is -0.0542. The van der Waals surface area contributed by atoms with Crippen molar-refractivity contribution in [2.45, 2.75) is 45.3 Å². The van der Waals surface area contributed by atoms with Crippen molar-refractivity contribution in [3.05, 3.63) is 0 Å². The first-order valence-electron chi connectivity index (χ1n) is 6.37. The second kappa shape index (κ2) is 9.83. The Morgan fingerprint density at radius 1 is 1.12 bits per heavy atom. The Hall–Kier alpha value is -0.160. The van der Waals surface area contributed by atoms with Crippen LogP contribution in [0.1, 0.15) is 33.6 Å². The Morgan fingerprint density at radius 2 is 1.82 bits per heavy atom. The molecule has 17 heavy (non-hydrogen) atoms. The second-order valence-corrected chi connectivity index (χ2v) is 4.98. The topological polar surface area (TPSA) is 39.7 Å². The molecule has 0 radical (unpaired) electrons. The zero-order valence-corrected chi connectivity index (χ0v) is 12.0. The molecule has 1 unspecified atom stereocenters. The van der Waals surface area contributed by atoms with E-state index in [1.807, 2.05) is 0 Å². The van der Waals surface area contributed by atoms with Crippen LogP contribution in [0, 0.1) is 0 Å². The molecule has 4 nitrogen and oxygen atoms in total. The molecule has 0 spiro atoms. The van der Waals surface area contributed by atoms with Gasteiger partial charge in [-0.3, -0.25) is 0 Å². The molecule has 1 N–H and O–H groups in total. The maximum atomic E-state index is 5.40. The predicted molar refractivity (Wildman–Crippen MR) is 70.5 cm³/mol. The highest BCUT2D eigenvalue weighted by Crippen LogP contribution is 2.15. The molecule has 0 aliphatic rings. The quantitative estimate of drug-likeness (QED) is 0.565. The van der Waals surface area contributed by atoms with Crippen LogP contribution in [0.5, 0.6) is 0 Å². The molecule has 0 aliphatic heterocycles. The lowest BCUT2D eigenvalue weighted by molar-refractivity contribution is 0.00834. The van der Waals surface area contributed by atoms with Crippen molar-refractivity contribution in [2.24, 2.45) is 0 Å². The van der Waals surface area contributed by atoms with Gasteiger partial charge in [0.05, 0.1) is 18.8 Å². The molecule has 0 saturated carbocycles. The van der Waals surface area contributed by atoms with Crippen LogP contribution in [-0.4, -0.2) is 52.2 Å². The molecule has 0 fully saturated rings. The highest BCUT2D eigenvalue weighted by atomic mass is 16.5. The van der Waals surface area contributed by atoms with E-state index >= 15 is 0 Å². The van der Waals surface area contributed by atoms with E-state index in [4.69, 9.17) is 14.2 Å². The Morgan fingerprint density at radius 3 is 2.41 bits per heavy atom. The standard InChI is InChI=1S/C13H29NO3/c1-12(11-13(2,3)16-5)14-7-6-8-17-10-9-15-4/h12,14H,6-11H2,1-5H3. The van der Waals surface area contributed by atoms with Crippen molar-refractivity contribution in [3.8, 4) is 0 Å². The molecule has 0 bridgehead atoms. The number of nitrogens with one attached hydrogen (secondary N) is 1. The molecular formula is C13H29NO3. The molecular weight excluding hydrogens is 218 g/mol. The van der Waals surface area contributed by atoms with Gasteiger partial charge in [-0.05, 0) is 40.2 Å². The first-order valence-corrected chi connectivity index (χ1v) is 6.37. The summed E-state index contributed by atoms with van der Waals surface area (Å²) in [5, 5.41) is 3.47. The average molecular weight is 247 g/mol. The average Bonchev–Trinajstić information content (AvgIpc) is 2.27. The summed E-state index contributed by atoms with van der Waals surface area (Å²) >= 11 is 0. The van der Waals surface area contributed by atoms with Crippen molar-refractivity contribution in [2.75, 3.05) is 40.6 Å². The number of hydrogen-bond acceptors (Lipinski definition) is 4. The second-order valence-electron chi connectivity index (χ2n) is 4.98. The van der Waals surface area contributed by atoms with Crippen molar-refractivity contribution in [3.63, 3.8) is 0 Å². The molecule has 1 atom stereocenters. The van der Waals surface area contributed by atoms with Crippen LogP contribution in [0.4, 0.5) is 0 Å². The van der Waals surface area contributed by atoms with Gasteiger partial charge in [-0.2, -0.15) is 0 Å². The minimum absolute atomic E-state index is 0.0542. The Bertz CT molecular complexity index is 174. The molecule has 0 saturated heterocycles. The van der Waals surface area contributed by atoms with Gasteiger partial charge in [0.2, 0.25) is 0 Å². The van der Waals surface area contributed by atoms with Gasteiger partial charge in [0.1, 0.15) is 0 Å². The van der Waals surface area contributed by atoms with Crippen LogP contribution in [0.2, 0.25) is 0 Å². The van der Waals surface area contributed by atoms with Gasteiger partial charge in [-0.25, -0.2) is 0 Å². The van der Waals surface area contributed by atoms with E-state index in [9.17, 15) is 0 Å². The van der Waals surface area contributed by atoms with E-state index < -0.39 is 0 Å². The maximum absolute atomic E-state index is 5.40. The zero-order chi connectivity index (χ0) is 13.1. The van der Waals surface area contributed by atoms with Crippen LogP contribution < -0.4 is 5.32 Å². The lowest BCUT2D eigenvalue weighted by Gasteiger charge is -2.27. The van der Waals surface area contributed by atoms with Gasteiger partial charge in [0.15, 0.2) is 0 Å². The van der Waals surface area contributed by atoms with Crippen molar-refractivity contribution in [1.82, 2.24) is 5.32 Å². The molecule has 4 heteroatoms. The van der Waals surface area contributed by atoms with E-state index in [0.717, 1.165) is 26.0 Å². The SMILES string of the molecule is COCCOCCCNC(C)CC(C)(C)OC. The van der Waals surface area contributed by atoms with Crippen LogP contribution in [0.3, 0.4) is 0 Å². The summed E-state index contributed by atoms with van der Waals surface area (Å²) < 4.78 is 15.7. The number of ether oxygens (including phenoxy) is 3. The van der Waals surface area contributed by atoms with Crippen LogP contribution in [-0.2, 0) is 14.2 Å². The third-order valence-corrected chi connectivity index (χ3v) is 2.74. The fourth-order valence-corrected chi connectivity index (χ4v) is 1.66. The largest absolute Gasteiger partial charge is 0.382 e. The van der Waals surface area contributed by atoms with Crippen LogP contribution >= 0.6 is 0 Å². The van der Waals surface area contributed by atoms with Gasteiger partial charge in [0.25, 0.3) is 0 Å². The number of methoxy groups -OCH3 is 2. The molecule has 0 heterocycles. The van der Waals surface area contributed by atoms with Crippen molar-refractivity contribution in [1.29, 1.82) is 0 Å². The molecule has 0 aromatic rings. The summed E-state index contributed by atoms with van der Waals surface area (Å²) in [5.74, 6) is 0. The lowest BCUT2D eigenvalue weighted by Crippen LogP contribution is -2.36. The summed E-state index contributed by atoms with van der Waals surface area (Å²) in [6, 6.07) is 0.462. The summed E-state index contributed by atoms with van der Waals surface area (Å²) in [6.45, 7) is 9.53. The summed E-state index contributed by atoms with van der Waals surface area (Å²) in [4.78, 5) is 0. The number of hydrogen-bond donors (Lipinski definition) is 1. The van der Waals surface area contributed by atoms with Gasteiger partial charge >= 0.3 is 0 Å². The molecule has 0 rings (SSSR count). The minimum Gasteiger partial charge on any atom is -0.382 e. The monoisotopic (exact) mass is 247 g/mol. The van der Waals surface area contributed by atoms with E-state index in [1.54, 1.807) is 14.2 Å². The molecule has 0 aromatic heterocycles. The van der Waals surface area contributed by atoms with Crippen LogP contribution in [0.25, 0.3) is 0 Å². The first-order chi connectivity index (χ1) is 8.02. The van der Waals surface area contributed by atoms with Gasteiger partial charge < -0.3 is 19.5 Å². The highest BCUT2D eigenvalue weighted by Gasteiger charge is 2.19. The Balaban J connectivity index is 3.36. The van der Waals surface area contributed by atoms with E-state index in [2.05, 4.69) is 26.1 Å². The van der Waals surface area contributed by atoms with Gasteiger partial charge in [-0.15, -0.1) is 0 Å². The lowest BCUT2D eigenvalue weighted by atomic mass is 10.00. The fourth-order valence-electron chi connectivity index (χ4n) is 1.66. The summed E-state index contributed by atoms with van der Waals surface area (Å²) in [6.07, 6.45) is 2.04. The first kappa shape index (κ1) is 16.8.